The van der Waals surface area contributed by atoms with E-state index >= 15 is 0 Å². The number of aromatic hydroxyl groups is 1. The molecule has 1 aromatic heterocycles. The molecule has 0 aliphatic heterocycles. The zero-order chi connectivity index (χ0) is 13.3. The molecule has 0 unspecified atom stereocenters. The standard InChI is InChI=1S/C15H20N2O/c1-10(2)8-13-14(16-17(4)15(13)18)12-7-5-6-11(3)9-12/h5-7,9-10,18H,8H2,1-4H3. The van der Waals surface area contributed by atoms with Crippen molar-refractivity contribution in [3.8, 4) is 17.1 Å². The highest BCUT2D eigenvalue weighted by molar-refractivity contribution is 5.66. The van der Waals surface area contributed by atoms with E-state index < -0.39 is 0 Å². The Labute approximate surface area is 108 Å². The normalized spacial score (nSPS) is 11.2. The minimum atomic E-state index is 0.278. The molecule has 0 aliphatic carbocycles. The Balaban J connectivity index is 2.53. The zero-order valence-corrected chi connectivity index (χ0v) is 11.4. The van der Waals surface area contributed by atoms with E-state index in [4.69, 9.17) is 0 Å². The number of aromatic nitrogens is 2. The molecule has 1 N–H and O–H groups in total. The molecule has 18 heavy (non-hydrogen) atoms. The summed E-state index contributed by atoms with van der Waals surface area (Å²) < 4.78 is 1.55. The SMILES string of the molecule is Cc1cccc(-c2nn(C)c(O)c2CC(C)C)c1. The Kier molecular flexibility index (Phi) is 3.41. The molecule has 2 rings (SSSR count). The van der Waals surface area contributed by atoms with Crippen LogP contribution in [0.1, 0.15) is 25.0 Å². The molecular weight excluding hydrogens is 224 g/mol. The van der Waals surface area contributed by atoms with E-state index in [0.717, 1.165) is 23.2 Å². The third-order valence-electron chi connectivity index (χ3n) is 3.02. The highest BCUT2D eigenvalue weighted by Gasteiger charge is 2.17. The van der Waals surface area contributed by atoms with Crippen LogP contribution in [-0.2, 0) is 13.5 Å². The van der Waals surface area contributed by atoms with Gasteiger partial charge in [-0.15, -0.1) is 0 Å². The molecule has 0 spiro atoms. The third kappa shape index (κ3) is 2.40. The number of hydrogen-bond donors (Lipinski definition) is 1. The summed E-state index contributed by atoms with van der Waals surface area (Å²) in [6, 6.07) is 8.23. The summed E-state index contributed by atoms with van der Waals surface area (Å²) in [5, 5.41) is 14.5. The molecule has 0 atom stereocenters. The summed E-state index contributed by atoms with van der Waals surface area (Å²) in [4.78, 5) is 0. The van der Waals surface area contributed by atoms with Gasteiger partial charge in [0.15, 0.2) is 0 Å². The first-order valence-electron chi connectivity index (χ1n) is 6.31. The number of aryl methyl sites for hydroxylation is 2. The van der Waals surface area contributed by atoms with Crippen molar-refractivity contribution in [2.24, 2.45) is 13.0 Å². The van der Waals surface area contributed by atoms with Crippen molar-refractivity contribution in [1.29, 1.82) is 0 Å². The first-order valence-corrected chi connectivity index (χ1v) is 6.31. The van der Waals surface area contributed by atoms with Gasteiger partial charge in [-0.25, -0.2) is 4.68 Å². The maximum atomic E-state index is 10.1. The van der Waals surface area contributed by atoms with Crippen LogP contribution in [0.15, 0.2) is 24.3 Å². The molecule has 0 aliphatic rings. The maximum Gasteiger partial charge on any atom is 0.212 e. The Hall–Kier alpha value is -1.77. The smallest absolute Gasteiger partial charge is 0.212 e. The van der Waals surface area contributed by atoms with E-state index in [0.29, 0.717) is 5.92 Å². The molecule has 3 nitrogen and oxygen atoms in total. The summed E-state index contributed by atoms with van der Waals surface area (Å²) >= 11 is 0. The molecule has 0 saturated carbocycles. The lowest BCUT2D eigenvalue weighted by Gasteiger charge is -2.06. The lowest BCUT2D eigenvalue weighted by atomic mass is 9.99. The van der Waals surface area contributed by atoms with Gasteiger partial charge in [0.25, 0.3) is 0 Å². The minimum Gasteiger partial charge on any atom is -0.493 e. The molecule has 0 fully saturated rings. The molecule has 2 aromatic rings. The van der Waals surface area contributed by atoms with E-state index in [1.54, 1.807) is 11.7 Å². The lowest BCUT2D eigenvalue weighted by Crippen LogP contribution is -1.95. The molecule has 0 amide bonds. The van der Waals surface area contributed by atoms with Crippen molar-refractivity contribution in [3.05, 3.63) is 35.4 Å². The zero-order valence-electron chi connectivity index (χ0n) is 11.4. The summed E-state index contributed by atoms with van der Waals surface area (Å²) in [6.07, 6.45) is 0.836. The van der Waals surface area contributed by atoms with Gasteiger partial charge < -0.3 is 5.11 Å². The molecular formula is C15H20N2O. The third-order valence-corrected chi connectivity index (χ3v) is 3.02. The second-order valence-electron chi connectivity index (χ2n) is 5.24. The average molecular weight is 244 g/mol. The van der Waals surface area contributed by atoms with Gasteiger partial charge in [0.05, 0.1) is 5.69 Å². The minimum absolute atomic E-state index is 0.278. The second kappa shape index (κ2) is 4.84. The first-order chi connectivity index (χ1) is 8.49. The van der Waals surface area contributed by atoms with Crippen LogP contribution in [0.3, 0.4) is 0 Å². The van der Waals surface area contributed by atoms with Gasteiger partial charge in [0.1, 0.15) is 0 Å². The Morgan fingerprint density at radius 2 is 2.06 bits per heavy atom. The Bertz CT molecular complexity index is 556. The highest BCUT2D eigenvalue weighted by atomic mass is 16.3. The molecule has 1 heterocycles. The van der Waals surface area contributed by atoms with Crippen LogP contribution in [0.2, 0.25) is 0 Å². The van der Waals surface area contributed by atoms with Crippen LogP contribution in [-0.4, -0.2) is 14.9 Å². The van der Waals surface area contributed by atoms with Crippen LogP contribution < -0.4 is 0 Å². The number of nitrogens with zero attached hydrogens (tertiary/aromatic N) is 2. The van der Waals surface area contributed by atoms with Gasteiger partial charge in [0.2, 0.25) is 5.88 Å². The topological polar surface area (TPSA) is 38.0 Å². The fourth-order valence-electron chi connectivity index (χ4n) is 2.18. The summed E-state index contributed by atoms with van der Waals surface area (Å²) in [5.74, 6) is 0.767. The molecule has 3 heteroatoms. The van der Waals surface area contributed by atoms with Crippen LogP contribution in [0.5, 0.6) is 5.88 Å². The number of hydrogen-bond acceptors (Lipinski definition) is 2. The van der Waals surface area contributed by atoms with Crippen LogP contribution >= 0.6 is 0 Å². The summed E-state index contributed by atoms with van der Waals surface area (Å²) in [5.41, 5.74) is 4.11. The largest absolute Gasteiger partial charge is 0.493 e. The van der Waals surface area contributed by atoms with Crippen molar-refractivity contribution in [1.82, 2.24) is 9.78 Å². The van der Waals surface area contributed by atoms with Gasteiger partial charge in [-0.1, -0.05) is 37.6 Å². The van der Waals surface area contributed by atoms with Crippen molar-refractivity contribution in [3.63, 3.8) is 0 Å². The van der Waals surface area contributed by atoms with E-state index in [9.17, 15) is 5.11 Å². The van der Waals surface area contributed by atoms with Crippen molar-refractivity contribution < 1.29 is 5.11 Å². The fourth-order valence-corrected chi connectivity index (χ4v) is 2.18. The number of rotatable bonds is 3. The number of benzene rings is 1. The quantitative estimate of drug-likeness (QED) is 0.899. The van der Waals surface area contributed by atoms with Gasteiger partial charge in [-0.3, -0.25) is 0 Å². The Morgan fingerprint density at radius 3 is 2.67 bits per heavy atom. The Morgan fingerprint density at radius 1 is 1.33 bits per heavy atom. The van der Waals surface area contributed by atoms with Gasteiger partial charge in [-0.2, -0.15) is 5.10 Å². The molecule has 0 bridgehead atoms. The van der Waals surface area contributed by atoms with E-state index in [1.165, 1.54) is 5.56 Å². The maximum absolute atomic E-state index is 10.1. The molecule has 0 radical (unpaired) electrons. The van der Waals surface area contributed by atoms with Crippen molar-refractivity contribution in [2.75, 3.05) is 0 Å². The summed E-state index contributed by atoms with van der Waals surface area (Å²) in [7, 11) is 1.78. The van der Waals surface area contributed by atoms with E-state index in [1.807, 2.05) is 12.1 Å². The second-order valence-corrected chi connectivity index (χ2v) is 5.24. The van der Waals surface area contributed by atoms with Gasteiger partial charge >= 0.3 is 0 Å². The van der Waals surface area contributed by atoms with Crippen LogP contribution in [0, 0.1) is 12.8 Å². The van der Waals surface area contributed by atoms with Crippen LogP contribution in [0.4, 0.5) is 0 Å². The van der Waals surface area contributed by atoms with Crippen LogP contribution in [0.25, 0.3) is 11.3 Å². The highest BCUT2D eigenvalue weighted by Crippen LogP contribution is 2.31. The van der Waals surface area contributed by atoms with E-state index in [-0.39, 0.29) is 5.88 Å². The van der Waals surface area contributed by atoms with Crippen molar-refractivity contribution >= 4 is 0 Å². The monoisotopic (exact) mass is 244 g/mol. The average Bonchev–Trinajstić information content (AvgIpc) is 2.57. The van der Waals surface area contributed by atoms with Gasteiger partial charge in [-0.05, 0) is 25.3 Å². The summed E-state index contributed by atoms with van der Waals surface area (Å²) in [6.45, 7) is 6.35. The first kappa shape index (κ1) is 12.7. The van der Waals surface area contributed by atoms with Crippen molar-refractivity contribution in [2.45, 2.75) is 27.2 Å². The lowest BCUT2D eigenvalue weighted by molar-refractivity contribution is 0.411. The molecule has 96 valence electrons. The van der Waals surface area contributed by atoms with Gasteiger partial charge in [0, 0.05) is 18.2 Å². The fraction of sp³-hybridized carbons (Fsp3) is 0.400. The molecule has 1 aromatic carbocycles. The van der Waals surface area contributed by atoms with E-state index in [2.05, 4.69) is 38.0 Å². The predicted molar refractivity (Wildman–Crippen MR) is 73.6 cm³/mol. The predicted octanol–water partition coefficient (Wildman–Crippen LogP) is 3.30. The molecule has 0 saturated heterocycles.